The highest BCUT2D eigenvalue weighted by atomic mass is 32.2. The van der Waals surface area contributed by atoms with E-state index in [4.69, 9.17) is 9.47 Å². The van der Waals surface area contributed by atoms with Gasteiger partial charge in [-0.1, -0.05) is 42.5 Å². The van der Waals surface area contributed by atoms with Crippen LogP contribution in [0, 0.1) is 10.1 Å². The van der Waals surface area contributed by atoms with Crippen LogP contribution in [0.25, 0.3) is 5.69 Å². The zero-order valence-electron chi connectivity index (χ0n) is 26.1. The molecule has 2 heterocycles. The van der Waals surface area contributed by atoms with Gasteiger partial charge < -0.3 is 19.7 Å². The fourth-order valence-electron chi connectivity index (χ4n) is 5.46. The first kappa shape index (κ1) is 33.7. The van der Waals surface area contributed by atoms with Crippen LogP contribution in [0.5, 0.6) is 0 Å². The highest BCUT2D eigenvalue weighted by molar-refractivity contribution is 7.89. The summed E-state index contributed by atoms with van der Waals surface area (Å²) in [6, 6.07) is 21.2. The summed E-state index contributed by atoms with van der Waals surface area (Å²) >= 11 is 0. The van der Waals surface area contributed by atoms with Crippen molar-refractivity contribution in [1.82, 2.24) is 19.7 Å². The van der Waals surface area contributed by atoms with E-state index in [-0.39, 0.29) is 51.0 Å². The number of nitro benzene ring substituents is 1. The third-order valence-corrected chi connectivity index (χ3v) is 9.19. The van der Waals surface area contributed by atoms with E-state index in [2.05, 4.69) is 33.3 Å². The molecule has 4 aromatic rings. The number of sulfonamides is 1. The molecule has 248 valence electrons. The molecule has 1 aromatic heterocycles. The van der Waals surface area contributed by atoms with Crippen LogP contribution in [-0.2, 0) is 30.9 Å². The van der Waals surface area contributed by atoms with Crippen molar-refractivity contribution < 1.29 is 27.6 Å². The fraction of sp³-hybridized carbons (Fsp3) is 0.344. The highest BCUT2D eigenvalue weighted by Gasteiger charge is 2.33. The molecule has 2 N–H and O–H groups in total. The Morgan fingerprint density at radius 1 is 1.02 bits per heavy atom. The highest BCUT2D eigenvalue weighted by Crippen LogP contribution is 2.39. The van der Waals surface area contributed by atoms with Gasteiger partial charge in [-0.3, -0.25) is 14.9 Å². The number of benzene rings is 3. The number of nitrogens with zero attached hydrogens (tertiary/aromatic N) is 5. The second kappa shape index (κ2) is 15.3. The molecule has 0 saturated carbocycles. The summed E-state index contributed by atoms with van der Waals surface area (Å²) in [6.07, 6.45) is 3.03. The first-order valence-corrected chi connectivity index (χ1v) is 16.7. The summed E-state index contributed by atoms with van der Waals surface area (Å²) in [4.78, 5) is 24.5. The quantitative estimate of drug-likeness (QED) is 0.106. The van der Waals surface area contributed by atoms with Crippen LogP contribution in [0.4, 0.5) is 17.1 Å². The molecule has 47 heavy (non-hydrogen) atoms. The molecule has 0 bridgehead atoms. The molecule has 5 rings (SSSR count). The van der Waals surface area contributed by atoms with Gasteiger partial charge in [0, 0.05) is 36.4 Å². The standard InChI is InChI=1S/C32H37N7O7S/c1-3-32(40)38-23(2)20-28(27-8-4-5-9-29(27)38)34-24-12-14-26(15-13-24)37-21-25(35-36-37)22-46-19-18-45-17-16-33-47(43,44)31-11-7-6-10-30(31)39(41)42/h4-15,21,23,28,33-34H,3,16-20,22H2,1-2H3/t23-,28+/m0/s1. The van der Waals surface area contributed by atoms with E-state index >= 15 is 0 Å². The van der Waals surface area contributed by atoms with Crippen LogP contribution in [0.2, 0.25) is 0 Å². The monoisotopic (exact) mass is 663 g/mol. The van der Waals surface area contributed by atoms with Crippen LogP contribution in [0.15, 0.2) is 83.9 Å². The molecule has 2 atom stereocenters. The van der Waals surface area contributed by atoms with Gasteiger partial charge in [-0.05, 0) is 55.3 Å². The van der Waals surface area contributed by atoms with Crippen molar-refractivity contribution in [2.45, 2.75) is 50.3 Å². The number of fused-ring (bicyclic) bond motifs is 1. The van der Waals surface area contributed by atoms with E-state index < -0.39 is 25.5 Å². The van der Waals surface area contributed by atoms with Crippen molar-refractivity contribution >= 4 is 33.0 Å². The zero-order chi connectivity index (χ0) is 33.4. The van der Waals surface area contributed by atoms with Crippen LogP contribution >= 0.6 is 0 Å². The van der Waals surface area contributed by atoms with Crippen molar-refractivity contribution in [2.24, 2.45) is 0 Å². The maximum Gasteiger partial charge on any atom is 0.289 e. The lowest BCUT2D eigenvalue weighted by atomic mass is 9.91. The van der Waals surface area contributed by atoms with Gasteiger partial charge in [-0.15, -0.1) is 5.10 Å². The number of amides is 1. The Morgan fingerprint density at radius 2 is 1.74 bits per heavy atom. The Balaban J connectivity index is 1.05. The average Bonchev–Trinajstić information content (AvgIpc) is 3.55. The normalized spacial score (nSPS) is 16.1. The average molecular weight is 664 g/mol. The molecule has 0 aliphatic carbocycles. The Bertz CT molecular complexity index is 1800. The van der Waals surface area contributed by atoms with Crippen LogP contribution in [0.1, 0.15) is 44.0 Å². The van der Waals surface area contributed by atoms with Gasteiger partial charge >= 0.3 is 0 Å². The summed E-state index contributed by atoms with van der Waals surface area (Å²) in [5, 5.41) is 23.1. The second-order valence-corrected chi connectivity index (χ2v) is 12.7. The van der Waals surface area contributed by atoms with E-state index in [9.17, 15) is 23.3 Å². The first-order valence-electron chi connectivity index (χ1n) is 15.3. The summed E-state index contributed by atoms with van der Waals surface area (Å²) < 4.78 is 39.8. The minimum Gasteiger partial charge on any atom is -0.378 e. The molecule has 0 fully saturated rings. The van der Waals surface area contributed by atoms with Gasteiger partial charge in [0.2, 0.25) is 15.9 Å². The first-order chi connectivity index (χ1) is 22.7. The number of hydrogen-bond acceptors (Lipinski definition) is 10. The molecule has 1 amide bonds. The number of nitro groups is 1. The Morgan fingerprint density at radius 3 is 2.51 bits per heavy atom. The minimum atomic E-state index is -4.05. The lowest BCUT2D eigenvalue weighted by molar-refractivity contribution is -0.387. The molecule has 0 unspecified atom stereocenters. The molecule has 3 aromatic carbocycles. The molecule has 0 radical (unpaired) electrons. The van der Waals surface area contributed by atoms with Crippen molar-refractivity contribution in [3.63, 3.8) is 0 Å². The van der Waals surface area contributed by atoms with Gasteiger partial charge in [-0.25, -0.2) is 17.8 Å². The lowest BCUT2D eigenvalue weighted by Crippen LogP contribution is -2.44. The van der Waals surface area contributed by atoms with E-state index in [1.54, 1.807) is 10.9 Å². The van der Waals surface area contributed by atoms with E-state index in [0.29, 0.717) is 12.1 Å². The Labute approximate surface area is 272 Å². The summed E-state index contributed by atoms with van der Waals surface area (Å²) in [5.41, 5.74) is 3.98. The number of para-hydroxylation sites is 2. The summed E-state index contributed by atoms with van der Waals surface area (Å²) in [6.45, 7) is 4.66. The van der Waals surface area contributed by atoms with Crippen molar-refractivity contribution in [1.29, 1.82) is 0 Å². The lowest BCUT2D eigenvalue weighted by Gasteiger charge is -2.40. The van der Waals surface area contributed by atoms with Crippen molar-refractivity contribution in [2.75, 3.05) is 36.6 Å². The molecule has 1 aliphatic heterocycles. The van der Waals surface area contributed by atoms with Gasteiger partial charge in [0.05, 0.1) is 49.3 Å². The third-order valence-electron chi connectivity index (χ3n) is 7.69. The largest absolute Gasteiger partial charge is 0.378 e. The molecular weight excluding hydrogens is 626 g/mol. The molecule has 14 nitrogen and oxygen atoms in total. The molecule has 0 saturated heterocycles. The maximum absolute atomic E-state index is 12.6. The van der Waals surface area contributed by atoms with Gasteiger partial charge in [0.25, 0.3) is 5.69 Å². The van der Waals surface area contributed by atoms with Crippen LogP contribution in [0.3, 0.4) is 0 Å². The molecular formula is C32H37N7O7S. The van der Waals surface area contributed by atoms with Gasteiger partial charge in [0.15, 0.2) is 4.90 Å². The molecule has 0 spiro atoms. The Hall–Kier alpha value is -4.70. The number of carbonyl (C=O) groups excluding carboxylic acids is 1. The number of anilines is 2. The number of ether oxygens (including phenoxy) is 2. The SMILES string of the molecule is CCC(=O)N1c2ccccc2[C@H](Nc2ccc(-n3cc(COCCOCCNS(=O)(=O)c4ccccc4[N+](=O)[O-])nn3)cc2)C[C@@H]1C. The molecule has 15 heteroatoms. The minimum absolute atomic E-state index is 0.0529. The van der Waals surface area contributed by atoms with E-state index in [0.717, 1.165) is 35.1 Å². The van der Waals surface area contributed by atoms with E-state index in [1.807, 2.05) is 54.3 Å². The van der Waals surface area contributed by atoms with Crippen molar-refractivity contribution in [3.8, 4) is 5.69 Å². The van der Waals surface area contributed by atoms with Crippen LogP contribution < -0.4 is 14.9 Å². The number of carbonyl (C=O) groups is 1. The molecule has 1 aliphatic rings. The van der Waals surface area contributed by atoms with Crippen LogP contribution in [-0.4, -0.2) is 66.6 Å². The maximum atomic E-state index is 12.6. The number of hydrogen-bond donors (Lipinski definition) is 2. The predicted octanol–water partition coefficient (Wildman–Crippen LogP) is 4.38. The summed E-state index contributed by atoms with van der Waals surface area (Å²) in [5.74, 6) is 0.124. The van der Waals surface area contributed by atoms with Crippen molar-refractivity contribution in [3.05, 3.63) is 100 Å². The fourth-order valence-corrected chi connectivity index (χ4v) is 6.64. The third kappa shape index (κ3) is 8.18. The number of nitrogens with one attached hydrogen (secondary N) is 2. The smallest absolute Gasteiger partial charge is 0.289 e. The topological polar surface area (TPSA) is 171 Å². The number of aromatic nitrogens is 3. The van der Waals surface area contributed by atoms with E-state index in [1.165, 1.54) is 18.2 Å². The second-order valence-electron chi connectivity index (χ2n) is 10.9. The number of rotatable bonds is 15. The zero-order valence-corrected chi connectivity index (χ0v) is 26.9. The van der Waals surface area contributed by atoms with Gasteiger partial charge in [0.1, 0.15) is 5.69 Å². The predicted molar refractivity (Wildman–Crippen MR) is 175 cm³/mol. The Kier molecular flexibility index (Phi) is 10.9. The van der Waals surface area contributed by atoms with Gasteiger partial charge in [-0.2, -0.15) is 0 Å². The summed E-state index contributed by atoms with van der Waals surface area (Å²) in [7, 11) is -4.05.